The minimum Gasteiger partial charge on any atom is -0.478 e. The molecular weight excluding hydrogens is 783 g/mol. The third-order valence-electron chi connectivity index (χ3n) is 10.1. The maximum atomic E-state index is 13.7. The molecule has 4 heterocycles. The van der Waals surface area contributed by atoms with Crippen LogP contribution in [0.3, 0.4) is 0 Å². The molecule has 4 atom stereocenters. The van der Waals surface area contributed by atoms with Crippen LogP contribution in [0.1, 0.15) is 45.5 Å². The first-order chi connectivity index (χ1) is 28.0. The topological polar surface area (TPSA) is 240 Å². The van der Waals surface area contributed by atoms with Gasteiger partial charge in [0, 0.05) is 80.7 Å². The van der Waals surface area contributed by atoms with Crippen LogP contribution in [-0.2, 0) is 25.0 Å². The monoisotopic (exact) mass is 829 g/mol. The van der Waals surface area contributed by atoms with Crippen molar-refractivity contribution in [1.29, 1.82) is 0 Å². The first kappa shape index (κ1) is 41.3. The Hall–Kier alpha value is -5.91. The van der Waals surface area contributed by atoms with Crippen LogP contribution in [0, 0.1) is 0 Å². The summed E-state index contributed by atoms with van der Waals surface area (Å²) in [7, 11) is 5.26. The number of benzene rings is 3. The van der Waals surface area contributed by atoms with Gasteiger partial charge in [-0.05, 0) is 54.8 Å². The number of carboxylic acid groups (broad SMARTS) is 1. The second kappa shape index (κ2) is 16.4. The summed E-state index contributed by atoms with van der Waals surface area (Å²) in [6.45, 7) is 1.34. The summed E-state index contributed by atoms with van der Waals surface area (Å²) in [6, 6.07) is 15.9. The SMILES string of the molecule is COCC1OC(n2nc(CCCNC(=O)c3ccc(C(=O)O)c(-c4c5ccc(=[N+](C)C)cc-5oc5cc(N(C)C)ccc45)c3)c3c(=O)[nH]c(N)nc32)CC1OP(C)(=O)O. The number of aromatic nitrogens is 4. The van der Waals surface area contributed by atoms with Crippen LogP contribution in [0.15, 0.2) is 63.8 Å². The molecule has 2 aromatic carbocycles. The molecule has 18 nitrogen and oxygen atoms in total. The molecule has 59 heavy (non-hydrogen) atoms. The molecule has 1 amide bonds. The summed E-state index contributed by atoms with van der Waals surface area (Å²) in [5, 5.41) is 19.7. The Bertz CT molecular complexity index is 2750. The summed E-state index contributed by atoms with van der Waals surface area (Å²) in [4.78, 5) is 58.3. The van der Waals surface area contributed by atoms with Gasteiger partial charge >= 0.3 is 13.6 Å². The zero-order valence-corrected chi connectivity index (χ0v) is 34.3. The second-order valence-electron chi connectivity index (χ2n) is 14.9. The predicted molar refractivity (Wildman–Crippen MR) is 221 cm³/mol. The lowest BCUT2D eigenvalue weighted by Gasteiger charge is -2.19. The molecule has 4 unspecified atom stereocenters. The van der Waals surface area contributed by atoms with Crippen LogP contribution in [0.4, 0.5) is 11.6 Å². The number of H-pyrrole nitrogens is 1. The van der Waals surface area contributed by atoms with Crippen molar-refractivity contribution in [2.75, 3.05) is 65.8 Å². The van der Waals surface area contributed by atoms with Crippen molar-refractivity contribution in [2.45, 2.75) is 37.7 Å². The van der Waals surface area contributed by atoms with Gasteiger partial charge < -0.3 is 44.4 Å². The van der Waals surface area contributed by atoms with Crippen molar-refractivity contribution < 1.29 is 42.6 Å². The Kier molecular flexibility index (Phi) is 11.5. The van der Waals surface area contributed by atoms with E-state index in [0.29, 0.717) is 45.5 Å². The number of rotatable bonds is 13. The molecule has 0 spiro atoms. The van der Waals surface area contributed by atoms with Crippen LogP contribution in [0.25, 0.3) is 44.5 Å². The lowest BCUT2D eigenvalue weighted by molar-refractivity contribution is -0.0530. The predicted octanol–water partition coefficient (Wildman–Crippen LogP) is 3.51. The highest BCUT2D eigenvalue weighted by atomic mass is 31.2. The maximum Gasteiger partial charge on any atom is 0.336 e. The van der Waals surface area contributed by atoms with E-state index in [1.165, 1.54) is 23.9 Å². The molecule has 1 fully saturated rings. The highest BCUT2D eigenvalue weighted by Gasteiger charge is 2.41. The average molecular weight is 830 g/mol. The zero-order valence-electron chi connectivity index (χ0n) is 33.4. The van der Waals surface area contributed by atoms with Crippen LogP contribution in [-0.4, -0.2) is 109 Å². The standard InChI is InChI=1S/C40H45N8O10P/c1-46(2)22-10-13-25-29(17-22)56-30-18-23(47(3)4)11-14-26(30)34(25)27-16-21(9-12-24(27)39(51)52)37(49)42-15-7-8-28-35-36(43-40(41)44-38(35)50)48(45-28)33-19-31(58-59(6,53)54)32(57-33)20-55-5/h9-14,16-18,31-33H,7-8,15,19-20H2,1-6H3,(H5-,41,42,43,44,45,49,50,51,52,53,54)/p+1. The molecule has 1 saturated heterocycles. The normalized spacial score (nSPS) is 17.7. The summed E-state index contributed by atoms with van der Waals surface area (Å²) >= 11 is 0. The van der Waals surface area contributed by atoms with E-state index in [1.807, 2.05) is 74.1 Å². The van der Waals surface area contributed by atoms with Crippen molar-refractivity contribution >= 4 is 53.1 Å². The number of carbonyl (C=O) groups is 2. The molecule has 6 N–H and O–H groups in total. The Morgan fingerprint density at radius 3 is 2.61 bits per heavy atom. The van der Waals surface area contributed by atoms with Crippen LogP contribution in [0.2, 0.25) is 0 Å². The van der Waals surface area contributed by atoms with Crippen molar-refractivity contribution in [3.05, 3.63) is 87.1 Å². The zero-order chi connectivity index (χ0) is 42.3. The van der Waals surface area contributed by atoms with E-state index in [9.17, 15) is 28.9 Å². The largest absolute Gasteiger partial charge is 0.478 e. The molecule has 3 aliphatic rings. The molecule has 2 aliphatic heterocycles. The molecule has 0 saturated carbocycles. The number of methoxy groups -OCH3 is 1. The summed E-state index contributed by atoms with van der Waals surface area (Å²) in [5.74, 6) is -1.17. The lowest BCUT2D eigenvalue weighted by Crippen LogP contribution is -2.27. The average Bonchev–Trinajstić information content (AvgIpc) is 3.74. The molecule has 0 radical (unpaired) electrons. The number of ether oxygens (including phenoxy) is 2. The number of fused-ring (bicyclic) bond motifs is 3. The molecule has 19 heteroatoms. The van der Waals surface area contributed by atoms with E-state index in [0.717, 1.165) is 17.7 Å². The molecule has 310 valence electrons. The number of aromatic amines is 1. The van der Waals surface area contributed by atoms with Crippen molar-refractivity contribution in [3.63, 3.8) is 0 Å². The van der Waals surface area contributed by atoms with Crippen LogP contribution in [0.5, 0.6) is 0 Å². The third-order valence-corrected chi connectivity index (χ3v) is 10.8. The lowest BCUT2D eigenvalue weighted by atomic mass is 9.89. The first-order valence-electron chi connectivity index (χ1n) is 18.8. The van der Waals surface area contributed by atoms with E-state index >= 15 is 0 Å². The van der Waals surface area contributed by atoms with E-state index in [4.69, 9.17) is 24.1 Å². The van der Waals surface area contributed by atoms with Gasteiger partial charge in [-0.1, -0.05) is 0 Å². The number of nitrogens with zero attached hydrogens (tertiary/aromatic N) is 5. The van der Waals surface area contributed by atoms with Crippen molar-refractivity contribution in [3.8, 4) is 22.5 Å². The summed E-state index contributed by atoms with van der Waals surface area (Å²) < 4.78 is 38.7. The Balaban J connectivity index is 1.16. The number of hydrogen-bond donors (Lipinski definition) is 5. The number of nitrogen functional groups attached to an aromatic ring is 1. The van der Waals surface area contributed by atoms with Gasteiger partial charge in [0.25, 0.3) is 11.5 Å². The number of aryl methyl sites for hydroxylation is 1. The minimum atomic E-state index is -3.88. The third kappa shape index (κ3) is 8.49. The fourth-order valence-electron chi connectivity index (χ4n) is 7.39. The number of carboxylic acids is 1. The van der Waals surface area contributed by atoms with Gasteiger partial charge in [-0.25, -0.2) is 14.1 Å². The number of anilines is 2. The van der Waals surface area contributed by atoms with Gasteiger partial charge in [0.05, 0.1) is 23.9 Å². The summed E-state index contributed by atoms with van der Waals surface area (Å²) in [5.41, 5.74) is 9.27. The van der Waals surface area contributed by atoms with Gasteiger partial charge in [0.2, 0.25) is 11.3 Å². The van der Waals surface area contributed by atoms with E-state index in [1.54, 1.807) is 6.07 Å². The highest BCUT2D eigenvalue weighted by Crippen LogP contribution is 2.45. The fraction of sp³-hybridized carbons (Fsp3) is 0.350. The molecule has 0 bridgehead atoms. The number of carbonyl (C=O) groups excluding carboxylic acids is 1. The van der Waals surface area contributed by atoms with Gasteiger partial charge in [-0.3, -0.25) is 19.1 Å². The van der Waals surface area contributed by atoms with Crippen LogP contribution >= 0.6 is 7.60 Å². The van der Waals surface area contributed by atoms with E-state index in [-0.39, 0.29) is 54.1 Å². The number of nitrogens with one attached hydrogen (secondary N) is 2. The first-order valence-corrected chi connectivity index (χ1v) is 20.8. The fourth-order valence-corrected chi connectivity index (χ4v) is 8.11. The quantitative estimate of drug-likeness (QED) is 0.0485. The Labute approximate surface area is 337 Å². The molecule has 1 aliphatic carbocycles. The van der Waals surface area contributed by atoms with Crippen molar-refractivity contribution in [2.24, 2.45) is 0 Å². The van der Waals surface area contributed by atoms with E-state index < -0.39 is 43.5 Å². The van der Waals surface area contributed by atoms with Crippen LogP contribution < -0.4 is 31.4 Å². The molecule has 7 rings (SSSR count). The number of hydrogen-bond acceptors (Lipinski definition) is 12. The number of aromatic carboxylic acids is 1. The van der Waals surface area contributed by atoms with Gasteiger partial charge in [-0.2, -0.15) is 10.1 Å². The highest BCUT2D eigenvalue weighted by molar-refractivity contribution is 7.51. The molecule has 2 aromatic heterocycles. The smallest absolute Gasteiger partial charge is 0.336 e. The number of amides is 1. The number of nitrogens with two attached hydrogens (primary N) is 1. The Morgan fingerprint density at radius 2 is 1.92 bits per heavy atom. The Morgan fingerprint density at radius 1 is 1.14 bits per heavy atom. The van der Waals surface area contributed by atoms with Gasteiger partial charge in [-0.15, -0.1) is 0 Å². The second-order valence-corrected chi connectivity index (χ2v) is 16.7. The van der Waals surface area contributed by atoms with Gasteiger partial charge in [0.15, 0.2) is 11.9 Å². The maximum absolute atomic E-state index is 13.7. The van der Waals surface area contributed by atoms with Gasteiger partial charge in [0.1, 0.15) is 43.0 Å². The van der Waals surface area contributed by atoms with Crippen molar-refractivity contribution in [1.82, 2.24) is 29.6 Å². The molecular formula is C40H46N8O10P+. The van der Waals surface area contributed by atoms with E-state index in [2.05, 4.69) is 20.4 Å². The summed E-state index contributed by atoms with van der Waals surface area (Å²) in [6.07, 6.45) is -1.61. The molecule has 4 aromatic rings. The minimum absolute atomic E-state index is 0.0170.